The molecule has 0 amide bonds. The summed E-state index contributed by atoms with van der Waals surface area (Å²) in [6, 6.07) is 10.1. The van der Waals surface area contributed by atoms with Crippen LogP contribution in [0.5, 0.6) is 0 Å². The van der Waals surface area contributed by atoms with Gasteiger partial charge in [-0.05, 0) is 42.9 Å². The van der Waals surface area contributed by atoms with Gasteiger partial charge in [0, 0.05) is 25.1 Å². The molecule has 4 rings (SSSR count). The number of aromatic nitrogens is 1. The lowest BCUT2D eigenvalue weighted by Crippen LogP contribution is -2.34. The van der Waals surface area contributed by atoms with E-state index >= 15 is 0 Å². The Morgan fingerprint density at radius 2 is 1.90 bits per heavy atom. The van der Waals surface area contributed by atoms with Crippen LogP contribution in [-0.2, 0) is 6.54 Å². The van der Waals surface area contributed by atoms with Gasteiger partial charge in [0.25, 0.3) is 5.56 Å². The van der Waals surface area contributed by atoms with E-state index in [0.717, 1.165) is 13.1 Å². The largest absolute Gasteiger partial charge is 0.307 e. The van der Waals surface area contributed by atoms with Gasteiger partial charge < -0.3 is 9.47 Å². The quantitative estimate of drug-likeness (QED) is 0.836. The number of rotatable bonds is 2. The minimum absolute atomic E-state index is 0.145. The van der Waals surface area contributed by atoms with Crippen LogP contribution < -0.4 is 5.56 Å². The van der Waals surface area contributed by atoms with Crippen LogP contribution in [0.3, 0.4) is 0 Å². The molecule has 2 aliphatic heterocycles. The molecule has 0 N–H and O–H groups in total. The zero-order valence-corrected chi connectivity index (χ0v) is 11.7. The van der Waals surface area contributed by atoms with Gasteiger partial charge in [-0.15, -0.1) is 0 Å². The van der Waals surface area contributed by atoms with Gasteiger partial charge in [-0.2, -0.15) is 0 Å². The maximum absolute atomic E-state index is 12.1. The predicted octanol–water partition coefficient (Wildman–Crippen LogP) is 2.58. The van der Waals surface area contributed by atoms with Gasteiger partial charge in [0.2, 0.25) is 0 Å². The Kier molecular flexibility index (Phi) is 2.88. The summed E-state index contributed by atoms with van der Waals surface area (Å²) in [5, 5.41) is 1.20. The topological polar surface area (TPSA) is 25.2 Å². The summed E-state index contributed by atoms with van der Waals surface area (Å²) in [5.74, 6) is 0.479. The number of likely N-dealkylation sites (tertiary alicyclic amines) is 1. The Morgan fingerprint density at radius 1 is 1.05 bits per heavy atom. The van der Waals surface area contributed by atoms with Crippen LogP contribution in [0.4, 0.5) is 0 Å². The molecule has 2 aromatic rings. The van der Waals surface area contributed by atoms with Crippen LogP contribution in [0.15, 0.2) is 35.1 Å². The van der Waals surface area contributed by atoms with Crippen molar-refractivity contribution < 1.29 is 0 Å². The first-order valence-electron chi connectivity index (χ1n) is 7.68. The average Bonchev–Trinajstić information content (AvgIpc) is 2.85. The first-order valence-corrected chi connectivity index (χ1v) is 7.68. The van der Waals surface area contributed by atoms with Crippen molar-refractivity contribution in [2.45, 2.75) is 31.7 Å². The molecule has 20 heavy (non-hydrogen) atoms. The van der Waals surface area contributed by atoms with E-state index in [-0.39, 0.29) is 5.56 Å². The predicted molar refractivity (Wildman–Crippen MR) is 81.2 cm³/mol. The highest BCUT2D eigenvalue weighted by Crippen LogP contribution is 2.33. The van der Waals surface area contributed by atoms with E-state index in [1.165, 1.54) is 48.8 Å². The molecule has 1 aromatic heterocycles. The van der Waals surface area contributed by atoms with Crippen LogP contribution in [-0.4, -0.2) is 29.1 Å². The summed E-state index contributed by atoms with van der Waals surface area (Å²) in [7, 11) is 0. The molecular weight excluding hydrogens is 248 g/mol. The lowest BCUT2D eigenvalue weighted by atomic mass is 9.98. The third-order valence-corrected chi connectivity index (χ3v) is 4.81. The number of benzene rings is 1. The van der Waals surface area contributed by atoms with Gasteiger partial charge in [0.1, 0.15) is 0 Å². The van der Waals surface area contributed by atoms with Crippen molar-refractivity contribution in [2.75, 3.05) is 19.6 Å². The second-order valence-corrected chi connectivity index (χ2v) is 6.13. The SMILES string of the molecule is O=c1ccc2cccc3c2n1CC3CN1CCCCC1. The van der Waals surface area contributed by atoms with Crippen molar-refractivity contribution in [3.63, 3.8) is 0 Å². The summed E-state index contributed by atoms with van der Waals surface area (Å²) in [5.41, 5.74) is 2.68. The molecule has 104 valence electrons. The standard InChI is InChI=1S/C17H20N2O/c20-16-8-7-13-5-4-6-15-14(12-19(16)17(13)15)11-18-9-2-1-3-10-18/h4-8,14H,1-3,9-12H2. The molecule has 3 nitrogen and oxygen atoms in total. The summed E-state index contributed by atoms with van der Waals surface area (Å²) in [6.45, 7) is 4.39. The van der Waals surface area contributed by atoms with E-state index in [1.54, 1.807) is 6.07 Å². The minimum atomic E-state index is 0.145. The molecule has 0 bridgehead atoms. The Hall–Kier alpha value is -1.61. The van der Waals surface area contributed by atoms with E-state index in [2.05, 4.69) is 23.1 Å². The normalized spacial score (nSPS) is 22.5. The zero-order chi connectivity index (χ0) is 13.5. The van der Waals surface area contributed by atoms with Crippen LogP contribution >= 0.6 is 0 Å². The van der Waals surface area contributed by atoms with Gasteiger partial charge in [-0.3, -0.25) is 4.79 Å². The van der Waals surface area contributed by atoms with Crippen LogP contribution in [0, 0.1) is 0 Å². The summed E-state index contributed by atoms with van der Waals surface area (Å²) in [6.07, 6.45) is 4.02. The lowest BCUT2D eigenvalue weighted by molar-refractivity contribution is 0.212. The fraction of sp³-hybridized carbons (Fsp3) is 0.471. The van der Waals surface area contributed by atoms with Crippen molar-refractivity contribution in [1.82, 2.24) is 9.47 Å². The highest BCUT2D eigenvalue weighted by Gasteiger charge is 2.27. The molecule has 0 radical (unpaired) electrons. The number of pyridine rings is 1. The van der Waals surface area contributed by atoms with Gasteiger partial charge in [0.05, 0.1) is 5.52 Å². The van der Waals surface area contributed by atoms with Gasteiger partial charge in [-0.25, -0.2) is 0 Å². The third-order valence-electron chi connectivity index (χ3n) is 4.81. The van der Waals surface area contributed by atoms with Crippen molar-refractivity contribution in [3.05, 3.63) is 46.2 Å². The number of para-hydroxylation sites is 1. The molecule has 3 heteroatoms. The molecule has 1 saturated heterocycles. The van der Waals surface area contributed by atoms with Crippen LogP contribution in [0.2, 0.25) is 0 Å². The van der Waals surface area contributed by atoms with Gasteiger partial charge in [-0.1, -0.05) is 24.6 Å². The smallest absolute Gasteiger partial charge is 0.251 e. The Balaban J connectivity index is 1.71. The molecule has 1 aromatic carbocycles. The van der Waals surface area contributed by atoms with E-state index in [9.17, 15) is 4.79 Å². The van der Waals surface area contributed by atoms with Gasteiger partial charge in [0.15, 0.2) is 0 Å². The average molecular weight is 268 g/mol. The molecular formula is C17H20N2O. The molecule has 1 fully saturated rings. The monoisotopic (exact) mass is 268 g/mol. The molecule has 1 atom stereocenters. The molecule has 3 heterocycles. The molecule has 0 aliphatic carbocycles. The zero-order valence-electron chi connectivity index (χ0n) is 11.7. The van der Waals surface area contributed by atoms with Crippen LogP contribution in [0.25, 0.3) is 10.9 Å². The first kappa shape index (κ1) is 12.2. The van der Waals surface area contributed by atoms with E-state index in [1.807, 2.05) is 10.6 Å². The summed E-state index contributed by atoms with van der Waals surface area (Å²) < 4.78 is 1.97. The summed E-state index contributed by atoms with van der Waals surface area (Å²) in [4.78, 5) is 14.7. The highest BCUT2D eigenvalue weighted by atomic mass is 16.1. The van der Waals surface area contributed by atoms with Crippen molar-refractivity contribution in [3.8, 4) is 0 Å². The number of hydrogen-bond acceptors (Lipinski definition) is 2. The first-order chi connectivity index (χ1) is 9.83. The number of nitrogens with zero attached hydrogens (tertiary/aromatic N) is 2. The maximum Gasteiger partial charge on any atom is 0.251 e. The molecule has 0 spiro atoms. The number of piperidine rings is 1. The Bertz CT molecular complexity index is 698. The van der Waals surface area contributed by atoms with Crippen molar-refractivity contribution in [1.29, 1.82) is 0 Å². The van der Waals surface area contributed by atoms with Crippen molar-refractivity contribution in [2.24, 2.45) is 0 Å². The molecule has 1 unspecified atom stereocenters. The number of hydrogen-bond donors (Lipinski definition) is 0. The van der Waals surface area contributed by atoms with E-state index in [4.69, 9.17) is 0 Å². The Morgan fingerprint density at radius 3 is 2.75 bits per heavy atom. The highest BCUT2D eigenvalue weighted by molar-refractivity contribution is 5.84. The second kappa shape index (κ2) is 4.74. The van der Waals surface area contributed by atoms with Gasteiger partial charge >= 0.3 is 0 Å². The lowest BCUT2D eigenvalue weighted by Gasteiger charge is -2.29. The fourth-order valence-corrected chi connectivity index (χ4v) is 3.83. The Labute approximate surface area is 118 Å². The van der Waals surface area contributed by atoms with E-state index in [0.29, 0.717) is 5.92 Å². The van der Waals surface area contributed by atoms with Crippen molar-refractivity contribution >= 4 is 10.9 Å². The fourth-order valence-electron chi connectivity index (χ4n) is 3.83. The minimum Gasteiger partial charge on any atom is -0.307 e. The maximum atomic E-state index is 12.1. The molecule has 0 saturated carbocycles. The molecule has 2 aliphatic rings. The third kappa shape index (κ3) is 1.88. The van der Waals surface area contributed by atoms with E-state index < -0.39 is 0 Å². The second-order valence-electron chi connectivity index (χ2n) is 6.13. The summed E-state index contributed by atoms with van der Waals surface area (Å²) >= 11 is 0. The van der Waals surface area contributed by atoms with Crippen LogP contribution in [0.1, 0.15) is 30.7 Å².